The number of para-hydroxylation sites is 1. The molecule has 0 radical (unpaired) electrons. The summed E-state index contributed by atoms with van der Waals surface area (Å²) >= 11 is 0. The normalized spacial score (nSPS) is 24.6. The number of aliphatic hydroxyl groups is 1. The number of nitrogens with zero attached hydrogens (tertiary/aromatic N) is 2. The lowest BCUT2D eigenvalue weighted by molar-refractivity contribution is -0.0353. The summed E-state index contributed by atoms with van der Waals surface area (Å²) in [7, 11) is 1.96. The second-order valence-electron chi connectivity index (χ2n) is 4.98. The smallest absolute Gasteiger partial charge is 0.0707 e. The van der Waals surface area contributed by atoms with E-state index in [2.05, 4.69) is 17.2 Å². The van der Waals surface area contributed by atoms with E-state index in [1.165, 1.54) is 5.39 Å². The first-order valence-electron chi connectivity index (χ1n) is 6.42. The van der Waals surface area contributed by atoms with Gasteiger partial charge in [0, 0.05) is 25.0 Å². The van der Waals surface area contributed by atoms with Gasteiger partial charge in [0.1, 0.15) is 0 Å². The lowest BCUT2D eigenvalue weighted by Crippen LogP contribution is -2.33. The van der Waals surface area contributed by atoms with Crippen molar-refractivity contribution in [3.63, 3.8) is 0 Å². The van der Waals surface area contributed by atoms with Crippen molar-refractivity contribution in [3.05, 3.63) is 30.0 Å². The molecule has 1 fully saturated rings. The van der Waals surface area contributed by atoms with Crippen LogP contribution in [-0.2, 0) is 18.2 Å². The number of fused-ring (bicyclic) bond motifs is 1. The maximum absolute atomic E-state index is 9.99. The van der Waals surface area contributed by atoms with E-state index in [-0.39, 0.29) is 12.0 Å². The summed E-state index contributed by atoms with van der Waals surface area (Å²) in [5, 5.41) is 15.7. The minimum absolute atomic E-state index is 0.164. The standard InChI is InChI=1S/C14H18N2O2/c1-16-13-5-3-2-4-11(13)12(15-16)8-10-9-18-7-6-14(10)17/h2-5,10,14,17H,6-9H2,1H3. The molecule has 2 atom stereocenters. The van der Waals surface area contributed by atoms with E-state index < -0.39 is 0 Å². The number of aromatic nitrogens is 2. The number of ether oxygens (including phenoxy) is 1. The van der Waals surface area contributed by atoms with E-state index in [9.17, 15) is 5.11 Å². The molecule has 18 heavy (non-hydrogen) atoms. The third-order valence-corrected chi connectivity index (χ3v) is 3.72. The highest BCUT2D eigenvalue weighted by atomic mass is 16.5. The highest BCUT2D eigenvalue weighted by Gasteiger charge is 2.25. The molecule has 1 aromatic carbocycles. The van der Waals surface area contributed by atoms with Crippen molar-refractivity contribution in [1.82, 2.24) is 9.78 Å². The van der Waals surface area contributed by atoms with Gasteiger partial charge in [0.2, 0.25) is 0 Å². The first kappa shape index (κ1) is 11.7. The maximum Gasteiger partial charge on any atom is 0.0707 e. The van der Waals surface area contributed by atoms with Gasteiger partial charge in [0.25, 0.3) is 0 Å². The number of rotatable bonds is 2. The van der Waals surface area contributed by atoms with Crippen molar-refractivity contribution in [1.29, 1.82) is 0 Å². The van der Waals surface area contributed by atoms with Gasteiger partial charge in [-0.25, -0.2) is 0 Å². The number of hydrogen-bond donors (Lipinski definition) is 1. The lowest BCUT2D eigenvalue weighted by Gasteiger charge is -2.27. The molecule has 2 unspecified atom stereocenters. The maximum atomic E-state index is 9.99. The van der Waals surface area contributed by atoms with Crippen molar-refractivity contribution in [2.75, 3.05) is 13.2 Å². The zero-order valence-corrected chi connectivity index (χ0v) is 10.5. The largest absolute Gasteiger partial charge is 0.393 e. The molecular formula is C14H18N2O2. The summed E-state index contributed by atoms with van der Waals surface area (Å²) in [6.45, 7) is 1.30. The Morgan fingerprint density at radius 2 is 2.28 bits per heavy atom. The molecule has 3 rings (SSSR count). The fourth-order valence-corrected chi connectivity index (χ4v) is 2.67. The second kappa shape index (κ2) is 4.71. The third kappa shape index (κ3) is 2.02. The van der Waals surface area contributed by atoms with Crippen molar-refractivity contribution in [2.24, 2.45) is 13.0 Å². The van der Waals surface area contributed by atoms with Gasteiger partial charge in [0.05, 0.1) is 23.9 Å². The molecule has 1 aromatic heterocycles. The van der Waals surface area contributed by atoms with Crippen molar-refractivity contribution in [2.45, 2.75) is 18.9 Å². The van der Waals surface area contributed by atoms with E-state index in [4.69, 9.17) is 4.74 Å². The summed E-state index contributed by atoms with van der Waals surface area (Å²) in [4.78, 5) is 0. The predicted octanol–water partition coefficient (Wildman–Crippen LogP) is 1.51. The van der Waals surface area contributed by atoms with Crippen LogP contribution < -0.4 is 0 Å². The molecule has 2 heterocycles. The van der Waals surface area contributed by atoms with E-state index >= 15 is 0 Å². The first-order valence-corrected chi connectivity index (χ1v) is 6.42. The van der Waals surface area contributed by atoms with E-state index in [0.29, 0.717) is 13.2 Å². The van der Waals surface area contributed by atoms with Crippen LogP contribution in [0.3, 0.4) is 0 Å². The average molecular weight is 246 g/mol. The Morgan fingerprint density at radius 3 is 3.11 bits per heavy atom. The average Bonchev–Trinajstić information content (AvgIpc) is 2.70. The van der Waals surface area contributed by atoms with Crippen molar-refractivity contribution < 1.29 is 9.84 Å². The highest BCUT2D eigenvalue weighted by molar-refractivity contribution is 5.81. The Morgan fingerprint density at radius 1 is 1.44 bits per heavy atom. The lowest BCUT2D eigenvalue weighted by atomic mass is 9.93. The zero-order chi connectivity index (χ0) is 12.5. The molecular weight excluding hydrogens is 228 g/mol. The molecule has 1 N–H and O–H groups in total. The molecule has 96 valence electrons. The Hall–Kier alpha value is -1.39. The Labute approximate surface area is 106 Å². The van der Waals surface area contributed by atoms with Gasteiger partial charge in [-0.15, -0.1) is 0 Å². The van der Waals surface area contributed by atoms with Crippen LogP contribution in [-0.4, -0.2) is 34.2 Å². The Bertz CT molecular complexity index is 550. The van der Waals surface area contributed by atoms with Crippen LogP contribution in [0.25, 0.3) is 10.9 Å². The van der Waals surface area contributed by atoms with E-state index in [1.807, 2.05) is 23.9 Å². The fraction of sp³-hybridized carbons (Fsp3) is 0.500. The van der Waals surface area contributed by atoms with Crippen molar-refractivity contribution in [3.8, 4) is 0 Å². The molecule has 0 amide bonds. The van der Waals surface area contributed by atoms with Crippen LogP contribution in [0.4, 0.5) is 0 Å². The van der Waals surface area contributed by atoms with Gasteiger partial charge in [0.15, 0.2) is 0 Å². The van der Waals surface area contributed by atoms with Crippen LogP contribution in [0, 0.1) is 5.92 Å². The topological polar surface area (TPSA) is 47.3 Å². The molecule has 1 aliphatic heterocycles. The summed E-state index contributed by atoms with van der Waals surface area (Å²) in [5.41, 5.74) is 2.20. The minimum atomic E-state index is -0.264. The van der Waals surface area contributed by atoms with E-state index in [1.54, 1.807) is 0 Å². The Kier molecular flexibility index (Phi) is 3.06. The molecule has 4 heteroatoms. The van der Waals surface area contributed by atoms with Gasteiger partial charge in [-0.3, -0.25) is 4.68 Å². The summed E-state index contributed by atoms with van der Waals surface area (Å²) < 4.78 is 7.35. The van der Waals surface area contributed by atoms with Crippen LogP contribution in [0.15, 0.2) is 24.3 Å². The van der Waals surface area contributed by atoms with Crippen LogP contribution in [0.1, 0.15) is 12.1 Å². The van der Waals surface area contributed by atoms with Crippen LogP contribution >= 0.6 is 0 Å². The van der Waals surface area contributed by atoms with Gasteiger partial charge >= 0.3 is 0 Å². The number of hydrogen-bond acceptors (Lipinski definition) is 3. The number of benzene rings is 1. The van der Waals surface area contributed by atoms with Crippen LogP contribution in [0.5, 0.6) is 0 Å². The summed E-state index contributed by atoms with van der Waals surface area (Å²) in [6.07, 6.45) is 1.25. The molecule has 2 aromatic rings. The monoisotopic (exact) mass is 246 g/mol. The van der Waals surface area contributed by atoms with Gasteiger partial charge < -0.3 is 9.84 Å². The van der Waals surface area contributed by atoms with Crippen molar-refractivity contribution >= 4 is 10.9 Å². The van der Waals surface area contributed by atoms with Gasteiger partial charge in [-0.05, 0) is 18.9 Å². The van der Waals surface area contributed by atoms with Gasteiger partial charge in [-0.2, -0.15) is 5.10 Å². The van der Waals surface area contributed by atoms with Crippen LogP contribution in [0.2, 0.25) is 0 Å². The third-order valence-electron chi connectivity index (χ3n) is 3.72. The second-order valence-corrected chi connectivity index (χ2v) is 4.98. The molecule has 0 aliphatic carbocycles. The number of aliphatic hydroxyl groups excluding tert-OH is 1. The summed E-state index contributed by atoms with van der Waals surface area (Å²) in [5.74, 6) is 0.164. The first-order chi connectivity index (χ1) is 8.75. The summed E-state index contributed by atoms with van der Waals surface area (Å²) in [6, 6.07) is 8.21. The highest BCUT2D eigenvalue weighted by Crippen LogP contribution is 2.24. The predicted molar refractivity (Wildman–Crippen MR) is 69.4 cm³/mol. The molecule has 0 bridgehead atoms. The molecule has 4 nitrogen and oxygen atoms in total. The molecule has 0 spiro atoms. The quantitative estimate of drug-likeness (QED) is 0.873. The fourth-order valence-electron chi connectivity index (χ4n) is 2.67. The van der Waals surface area contributed by atoms with Gasteiger partial charge in [-0.1, -0.05) is 18.2 Å². The SMILES string of the molecule is Cn1nc(CC2COCCC2O)c2ccccc21. The zero-order valence-electron chi connectivity index (χ0n) is 10.5. The molecule has 1 aliphatic rings. The number of aryl methyl sites for hydroxylation is 1. The minimum Gasteiger partial charge on any atom is -0.393 e. The molecule has 0 saturated carbocycles. The van der Waals surface area contributed by atoms with E-state index in [0.717, 1.165) is 24.1 Å². The Balaban J connectivity index is 1.90. The molecule has 1 saturated heterocycles.